The third-order valence-corrected chi connectivity index (χ3v) is 3.74. The molecule has 0 saturated heterocycles. The molecule has 1 heterocycles. The van der Waals surface area contributed by atoms with Gasteiger partial charge in [0.1, 0.15) is 11.6 Å². The topological polar surface area (TPSA) is 37.8 Å². The molecule has 1 aromatic heterocycles. The average Bonchev–Trinajstić information content (AvgIpc) is 2.28. The van der Waals surface area contributed by atoms with Crippen LogP contribution in [0.3, 0.4) is 0 Å². The van der Waals surface area contributed by atoms with Crippen molar-refractivity contribution < 1.29 is 0 Å². The van der Waals surface area contributed by atoms with E-state index in [1.165, 1.54) is 32.1 Å². The van der Waals surface area contributed by atoms with Crippen molar-refractivity contribution in [2.45, 2.75) is 58.9 Å². The van der Waals surface area contributed by atoms with Gasteiger partial charge in [-0.05, 0) is 45.4 Å². The Hall–Kier alpha value is -1.12. The first-order chi connectivity index (χ1) is 8.17. The van der Waals surface area contributed by atoms with Gasteiger partial charge < -0.3 is 5.32 Å². The minimum Gasteiger partial charge on any atom is -0.367 e. The Balaban J connectivity index is 1.93. The molecule has 0 amide bonds. The first kappa shape index (κ1) is 12.3. The summed E-state index contributed by atoms with van der Waals surface area (Å²) in [6.07, 6.45) is 6.61. The van der Waals surface area contributed by atoms with Crippen LogP contribution in [-0.4, -0.2) is 16.0 Å². The van der Waals surface area contributed by atoms with Gasteiger partial charge in [-0.3, -0.25) is 0 Å². The number of nitrogens with one attached hydrogen (secondary N) is 1. The number of aromatic nitrogens is 2. The van der Waals surface area contributed by atoms with E-state index in [2.05, 4.69) is 22.2 Å². The lowest BCUT2D eigenvalue weighted by Crippen LogP contribution is -2.26. The minimum atomic E-state index is 0.603. The van der Waals surface area contributed by atoms with E-state index in [9.17, 15) is 0 Å². The number of hydrogen-bond donors (Lipinski definition) is 1. The molecule has 1 saturated carbocycles. The zero-order valence-electron chi connectivity index (χ0n) is 11.2. The fourth-order valence-corrected chi connectivity index (χ4v) is 2.72. The van der Waals surface area contributed by atoms with E-state index in [1.54, 1.807) is 0 Å². The number of anilines is 1. The molecule has 0 spiro atoms. The van der Waals surface area contributed by atoms with E-state index in [0.29, 0.717) is 6.04 Å². The van der Waals surface area contributed by atoms with Gasteiger partial charge in [-0.15, -0.1) is 0 Å². The van der Waals surface area contributed by atoms with Crippen molar-refractivity contribution in [2.75, 3.05) is 5.32 Å². The molecule has 1 aliphatic carbocycles. The van der Waals surface area contributed by atoms with Crippen LogP contribution in [0.15, 0.2) is 6.07 Å². The number of rotatable bonds is 3. The van der Waals surface area contributed by atoms with E-state index < -0.39 is 0 Å². The zero-order chi connectivity index (χ0) is 12.3. The molecule has 0 bridgehead atoms. The smallest absolute Gasteiger partial charge is 0.130 e. The first-order valence-corrected chi connectivity index (χ1v) is 6.76. The maximum Gasteiger partial charge on any atom is 0.130 e. The quantitative estimate of drug-likeness (QED) is 0.868. The van der Waals surface area contributed by atoms with Gasteiger partial charge in [0.25, 0.3) is 0 Å². The molecule has 0 aliphatic heterocycles. The maximum atomic E-state index is 4.45. The van der Waals surface area contributed by atoms with Crippen LogP contribution in [0.2, 0.25) is 0 Å². The normalized spacial score (nSPS) is 24.6. The molecule has 3 heteroatoms. The molecule has 1 N–H and O–H groups in total. The molecule has 1 aromatic rings. The van der Waals surface area contributed by atoms with Crippen molar-refractivity contribution >= 4 is 5.82 Å². The van der Waals surface area contributed by atoms with Crippen molar-refractivity contribution in [1.82, 2.24) is 9.97 Å². The van der Waals surface area contributed by atoms with Gasteiger partial charge in [0.2, 0.25) is 0 Å². The highest BCUT2D eigenvalue weighted by Gasteiger charge is 2.20. The van der Waals surface area contributed by atoms with Crippen LogP contribution >= 0.6 is 0 Å². The Bertz CT molecular complexity index is 347. The fraction of sp³-hybridized carbons (Fsp3) is 0.714. The average molecular weight is 233 g/mol. The van der Waals surface area contributed by atoms with Crippen LogP contribution < -0.4 is 5.32 Å². The maximum absolute atomic E-state index is 4.45. The second-order valence-electron chi connectivity index (χ2n) is 5.21. The predicted molar refractivity (Wildman–Crippen MR) is 71.2 cm³/mol. The van der Waals surface area contributed by atoms with Gasteiger partial charge in [0.05, 0.1) is 0 Å². The summed E-state index contributed by atoms with van der Waals surface area (Å²) in [5.74, 6) is 2.80. The predicted octanol–water partition coefficient (Wildman–Crippen LogP) is 3.47. The molecule has 0 aromatic carbocycles. The summed E-state index contributed by atoms with van der Waals surface area (Å²) in [4.78, 5) is 8.75. The molecule has 3 nitrogen and oxygen atoms in total. The summed E-state index contributed by atoms with van der Waals surface area (Å²) in [7, 11) is 0. The minimum absolute atomic E-state index is 0.603. The Morgan fingerprint density at radius 3 is 2.47 bits per heavy atom. The van der Waals surface area contributed by atoms with Crippen LogP contribution in [0.1, 0.15) is 50.5 Å². The number of aryl methyl sites for hydroxylation is 2. The highest BCUT2D eigenvalue weighted by Crippen LogP contribution is 2.28. The molecule has 17 heavy (non-hydrogen) atoms. The Morgan fingerprint density at radius 1 is 1.18 bits per heavy atom. The molecule has 1 aliphatic rings. The molecular formula is C14H23N3. The van der Waals surface area contributed by atoms with Crippen LogP contribution in [0.25, 0.3) is 0 Å². The number of hydrogen-bond acceptors (Lipinski definition) is 3. The summed E-state index contributed by atoms with van der Waals surface area (Å²) in [6.45, 7) is 6.27. The van der Waals surface area contributed by atoms with Gasteiger partial charge in [0.15, 0.2) is 0 Å². The lowest BCUT2D eigenvalue weighted by molar-refractivity contribution is 0.330. The van der Waals surface area contributed by atoms with Crippen molar-refractivity contribution in [3.8, 4) is 0 Å². The first-order valence-electron chi connectivity index (χ1n) is 6.76. The van der Waals surface area contributed by atoms with E-state index in [1.807, 2.05) is 19.9 Å². The molecule has 0 radical (unpaired) electrons. The Kier molecular flexibility index (Phi) is 3.97. The summed E-state index contributed by atoms with van der Waals surface area (Å²) >= 11 is 0. The molecule has 0 unspecified atom stereocenters. The fourth-order valence-electron chi connectivity index (χ4n) is 2.72. The van der Waals surface area contributed by atoms with Gasteiger partial charge in [-0.1, -0.05) is 13.3 Å². The lowest BCUT2D eigenvalue weighted by Gasteiger charge is -2.28. The van der Waals surface area contributed by atoms with Crippen molar-refractivity contribution in [1.29, 1.82) is 0 Å². The van der Waals surface area contributed by atoms with E-state index in [4.69, 9.17) is 0 Å². The van der Waals surface area contributed by atoms with Crippen LogP contribution in [0.5, 0.6) is 0 Å². The largest absolute Gasteiger partial charge is 0.367 e. The molecule has 1 fully saturated rings. The van der Waals surface area contributed by atoms with Crippen LogP contribution in [0.4, 0.5) is 5.82 Å². The summed E-state index contributed by atoms with van der Waals surface area (Å²) in [5.41, 5.74) is 1.04. The standard InChI is InChI=1S/C14H23N3/c1-4-12-5-7-13(8-6-12)17-14-9-10(2)15-11(3)16-14/h9,12-13H,4-8H2,1-3H3,(H,15,16,17). The van der Waals surface area contributed by atoms with E-state index >= 15 is 0 Å². The van der Waals surface area contributed by atoms with Gasteiger partial charge >= 0.3 is 0 Å². The third-order valence-electron chi connectivity index (χ3n) is 3.74. The van der Waals surface area contributed by atoms with Crippen molar-refractivity contribution in [2.24, 2.45) is 5.92 Å². The SMILES string of the molecule is CCC1CCC(Nc2cc(C)nc(C)n2)CC1. The lowest BCUT2D eigenvalue weighted by atomic mass is 9.84. The summed E-state index contributed by atoms with van der Waals surface area (Å²) in [5, 5.41) is 3.56. The molecule has 94 valence electrons. The van der Waals surface area contributed by atoms with Crippen molar-refractivity contribution in [3.63, 3.8) is 0 Å². The van der Waals surface area contributed by atoms with Crippen LogP contribution in [-0.2, 0) is 0 Å². The van der Waals surface area contributed by atoms with Crippen LogP contribution in [0, 0.1) is 19.8 Å². The zero-order valence-corrected chi connectivity index (χ0v) is 11.2. The Morgan fingerprint density at radius 2 is 1.88 bits per heavy atom. The summed E-state index contributed by atoms with van der Waals surface area (Å²) in [6, 6.07) is 2.64. The molecule has 0 atom stereocenters. The third kappa shape index (κ3) is 3.42. The number of nitrogens with zero attached hydrogens (tertiary/aromatic N) is 2. The van der Waals surface area contributed by atoms with Gasteiger partial charge in [-0.25, -0.2) is 9.97 Å². The monoisotopic (exact) mass is 233 g/mol. The van der Waals surface area contributed by atoms with E-state index in [0.717, 1.165) is 23.3 Å². The second kappa shape index (κ2) is 5.48. The summed E-state index contributed by atoms with van der Waals surface area (Å²) < 4.78 is 0. The Labute approximate surface area is 104 Å². The highest BCUT2D eigenvalue weighted by molar-refractivity contribution is 5.36. The van der Waals surface area contributed by atoms with Gasteiger partial charge in [0, 0.05) is 17.8 Å². The van der Waals surface area contributed by atoms with E-state index in [-0.39, 0.29) is 0 Å². The molecular weight excluding hydrogens is 210 g/mol. The van der Waals surface area contributed by atoms with Crippen molar-refractivity contribution in [3.05, 3.63) is 17.6 Å². The molecule has 2 rings (SSSR count). The second-order valence-corrected chi connectivity index (χ2v) is 5.21. The highest BCUT2D eigenvalue weighted by atomic mass is 15.0. The van der Waals surface area contributed by atoms with Gasteiger partial charge in [-0.2, -0.15) is 0 Å².